The van der Waals surface area contributed by atoms with Gasteiger partial charge < -0.3 is 0 Å². The number of hydrogen-bond acceptors (Lipinski definition) is 3. The molecule has 2 heterocycles. The lowest BCUT2D eigenvalue weighted by molar-refractivity contribution is 0.0649. The molecule has 3 rings (SSSR count). The molecular formula is C13H21N3. The van der Waals surface area contributed by atoms with E-state index in [1.54, 1.807) is 0 Å². The zero-order valence-electron chi connectivity index (χ0n) is 9.94. The van der Waals surface area contributed by atoms with Gasteiger partial charge in [0.2, 0.25) is 0 Å². The van der Waals surface area contributed by atoms with Crippen molar-refractivity contribution in [2.24, 2.45) is 5.92 Å². The van der Waals surface area contributed by atoms with E-state index in [0.717, 1.165) is 12.5 Å². The van der Waals surface area contributed by atoms with E-state index in [9.17, 15) is 0 Å². The van der Waals surface area contributed by atoms with Crippen molar-refractivity contribution >= 4 is 0 Å². The second kappa shape index (κ2) is 4.35. The number of nitriles is 1. The second-order valence-corrected chi connectivity index (χ2v) is 5.56. The van der Waals surface area contributed by atoms with E-state index < -0.39 is 0 Å². The van der Waals surface area contributed by atoms with Crippen LogP contribution in [0.4, 0.5) is 0 Å². The summed E-state index contributed by atoms with van der Waals surface area (Å²) in [6.07, 6.45) is 6.40. The summed E-state index contributed by atoms with van der Waals surface area (Å²) in [5.41, 5.74) is 0. The first kappa shape index (κ1) is 10.6. The highest BCUT2D eigenvalue weighted by atomic mass is 15.3. The van der Waals surface area contributed by atoms with Crippen molar-refractivity contribution in [1.82, 2.24) is 9.80 Å². The summed E-state index contributed by atoms with van der Waals surface area (Å²) in [5, 5.41) is 9.17. The largest absolute Gasteiger partial charge is 0.298 e. The van der Waals surface area contributed by atoms with Crippen LogP contribution in [0.3, 0.4) is 0 Å². The maximum atomic E-state index is 9.17. The molecule has 0 spiro atoms. The van der Waals surface area contributed by atoms with Crippen LogP contribution in [-0.4, -0.2) is 48.1 Å². The molecule has 0 N–H and O–H groups in total. The van der Waals surface area contributed by atoms with Gasteiger partial charge in [0, 0.05) is 31.7 Å². The summed E-state index contributed by atoms with van der Waals surface area (Å²) < 4.78 is 0. The maximum Gasteiger partial charge on any atom is 0.0672 e. The van der Waals surface area contributed by atoms with Gasteiger partial charge in [-0.15, -0.1) is 0 Å². The highest BCUT2D eigenvalue weighted by Gasteiger charge is 2.37. The molecule has 3 unspecified atom stereocenters. The first-order valence-corrected chi connectivity index (χ1v) is 6.76. The van der Waals surface area contributed by atoms with Gasteiger partial charge in [-0.1, -0.05) is 6.42 Å². The van der Waals surface area contributed by atoms with E-state index in [2.05, 4.69) is 15.9 Å². The van der Waals surface area contributed by atoms with E-state index in [1.165, 1.54) is 51.9 Å². The summed E-state index contributed by atoms with van der Waals surface area (Å²) in [7, 11) is 0. The average molecular weight is 219 g/mol. The van der Waals surface area contributed by atoms with Crippen LogP contribution in [0.5, 0.6) is 0 Å². The Bertz CT molecular complexity index is 296. The Morgan fingerprint density at radius 2 is 1.81 bits per heavy atom. The van der Waals surface area contributed by atoms with Crippen molar-refractivity contribution in [2.45, 2.75) is 44.2 Å². The van der Waals surface area contributed by atoms with Gasteiger partial charge in [-0.25, -0.2) is 0 Å². The molecule has 0 bridgehead atoms. The Hall–Kier alpha value is -0.590. The normalized spacial score (nSPS) is 40.8. The molecule has 0 aromatic heterocycles. The molecule has 88 valence electrons. The van der Waals surface area contributed by atoms with E-state index in [1.807, 2.05) is 0 Å². The van der Waals surface area contributed by atoms with Gasteiger partial charge in [-0.3, -0.25) is 9.80 Å². The minimum atomic E-state index is 0.313. The Morgan fingerprint density at radius 3 is 2.69 bits per heavy atom. The molecule has 2 aliphatic heterocycles. The molecule has 0 aromatic carbocycles. The van der Waals surface area contributed by atoms with Crippen LogP contribution in [0.25, 0.3) is 0 Å². The molecule has 0 aromatic rings. The Labute approximate surface area is 98.0 Å². The lowest BCUT2D eigenvalue weighted by Gasteiger charge is -2.41. The monoisotopic (exact) mass is 219 g/mol. The van der Waals surface area contributed by atoms with Crippen molar-refractivity contribution in [2.75, 3.05) is 26.2 Å². The number of piperazine rings is 1. The fraction of sp³-hybridized carbons (Fsp3) is 0.923. The third kappa shape index (κ3) is 1.74. The summed E-state index contributed by atoms with van der Waals surface area (Å²) in [6, 6.07) is 3.89. The van der Waals surface area contributed by atoms with Gasteiger partial charge in [0.1, 0.15) is 0 Å². The van der Waals surface area contributed by atoms with Crippen LogP contribution in [0.15, 0.2) is 0 Å². The first-order chi connectivity index (χ1) is 7.88. The van der Waals surface area contributed by atoms with Crippen LogP contribution in [0.1, 0.15) is 32.1 Å². The highest BCUT2D eigenvalue weighted by Crippen LogP contribution is 2.32. The Kier molecular flexibility index (Phi) is 2.87. The van der Waals surface area contributed by atoms with Crippen molar-refractivity contribution in [3.8, 4) is 6.07 Å². The summed E-state index contributed by atoms with van der Waals surface area (Å²) in [5.74, 6) is 0.313. The second-order valence-electron chi connectivity index (χ2n) is 5.56. The fourth-order valence-corrected chi connectivity index (χ4v) is 3.84. The lowest BCUT2D eigenvalue weighted by atomic mass is 10.0. The molecule has 16 heavy (non-hydrogen) atoms. The molecule has 3 nitrogen and oxygen atoms in total. The molecule has 3 aliphatic rings. The predicted molar refractivity (Wildman–Crippen MR) is 62.9 cm³/mol. The van der Waals surface area contributed by atoms with Gasteiger partial charge in [0.05, 0.1) is 12.0 Å². The van der Waals surface area contributed by atoms with E-state index in [-0.39, 0.29) is 0 Å². The van der Waals surface area contributed by atoms with Crippen molar-refractivity contribution in [3.05, 3.63) is 0 Å². The van der Waals surface area contributed by atoms with Crippen LogP contribution in [0, 0.1) is 17.2 Å². The zero-order valence-corrected chi connectivity index (χ0v) is 9.94. The summed E-state index contributed by atoms with van der Waals surface area (Å²) in [6.45, 7) is 4.96. The van der Waals surface area contributed by atoms with E-state index in [4.69, 9.17) is 5.26 Å². The predicted octanol–water partition coefficient (Wildman–Crippen LogP) is 1.46. The Balaban J connectivity index is 1.65. The average Bonchev–Trinajstić information content (AvgIpc) is 2.96. The third-order valence-electron chi connectivity index (χ3n) is 4.73. The van der Waals surface area contributed by atoms with E-state index >= 15 is 0 Å². The van der Waals surface area contributed by atoms with Crippen LogP contribution in [-0.2, 0) is 0 Å². The lowest BCUT2D eigenvalue weighted by Crippen LogP contribution is -2.54. The molecule has 3 atom stereocenters. The van der Waals surface area contributed by atoms with Crippen molar-refractivity contribution in [3.63, 3.8) is 0 Å². The minimum absolute atomic E-state index is 0.313. The zero-order chi connectivity index (χ0) is 11.0. The van der Waals surface area contributed by atoms with Gasteiger partial charge in [-0.2, -0.15) is 5.26 Å². The standard InChI is InChI=1S/C13H21N3/c14-9-11-3-1-5-13(11)16-8-7-15-6-2-4-12(15)10-16/h11-13H,1-8,10H2. The van der Waals surface area contributed by atoms with Crippen LogP contribution >= 0.6 is 0 Å². The Morgan fingerprint density at radius 1 is 0.938 bits per heavy atom. The molecule has 0 amide bonds. The molecule has 2 saturated heterocycles. The minimum Gasteiger partial charge on any atom is -0.298 e. The summed E-state index contributed by atoms with van der Waals surface area (Å²) in [4.78, 5) is 5.26. The SMILES string of the molecule is N#CC1CCCC1N1CCN2CCCC2C1. The quantitative estimate of drug-likeness (QED) is 0.669. The highest BCUT2D eigenvalue weighted by molar-refractivity contribution is 5.00. The molecule has 3 fully saturated rings. The maximum absolute atomic E-state index is 9.17. The van der Waals surface area contributed by atoms with E-state index in [0.29, 0.717) is 12.0 Å². The molecule has 1 aliphatic carbocycles. The van der Waals surface area contributed by atoms with Gasteiger partial charge in [0.25, 0.3) is 0 Å². The van der Waals surface area contributed by atoms with Crippen LogP contribution < -0.4 is 0 Å². The first-order valence-electron chi connectivity index (χ1n) is 6.76. The van der Waals surface area contributed by atoms with Gasteiger partial charge >= 0.3 is 0 Å². The van der Waals surface area contributed by atoms with Gasteiger partial charge in [0.15, 0.2) is 0 Å². The summed E-state index contributed by atoms with van der Waals surface area (Å²) >= 11 is 0. The van der Waals surface area contributed by atoms with Crippen molar-refractivity contribution < 1.29 is 0 Å². The fourth-order valence-electron chi connectivity index (χ4n) is 3.84. The molecule has 3 heteroatoms. The number of hydrogen-bond donors (Lipinski definition) is 0. The molecule has 0 radical (unpaired) electrons. The smallest absolute Gasteiger partial charge is 0.0672 e. The number of rotatable bonds is 1. The number of fused-ring (bicyclic) bond motifs is 1. The van der Waals surface area contributed by atoms with Gasteiger partial charge in [-0.05, 0) is 32.2 Å². The third-order valence-corrected chi connectivity index (χ3v) is 4.73. The van der Waals surface area contributed by atoms with Crippen molar-refractivity contribution in [1.29, 1.82) is 5.26 Å². The number of nitrogens with zero attached hydrogens (tertiary/aromatic N) is 3. The topological polar surface area (TPSA) is 30.3 Å². The molecule has 1 saturated carbocycles. The molecular weight excluding hydrogens is 198 g/mol. The van der Waals surface area contributed by atoms with Crippen LogP contribution in [0.2, 0.25) is 0 Å².